The SMILES string of the molecule is c1ccc(-c2ccc(N(c3ccc(-c4ccc(-c5ccccc5-n5c6ccccc6c6ccccc65)cc4)cc3)c3ccc(-c4ccc5c(c4)sc4ccccc45)cc3)cc2)cc1. The molecular formula is C60H40N2S. The summed E-state index contributed by atoms with van der Waals surface area (Å²) in [5.41, 5.74) is 16.5. The van der Waals surface area contributed by atoms with E-state index in [4.69, 9.17) is 0 Å². The van der Waals surface area contributed by atoms with E-state index in [1.165, 1.54) is 92.2 Å². The number of hydrogen-bond acceptors (Lipinski definition) is 2. The zero-order valence-corrected chi connectivity index (χ0v) is 35.2. The van der Waals surface area contributed by atoms with Crippen molar-refractivity contribution < 1.29 is 0 Å². The average Bonchev–Trinajstić information content (AvgIpc) is 3.91. The average molecular weight is 821 g/mol. The predicted molar refractivity (Wildman–Crippen MR) is 270 cm³/mol. The minimum absolute atomic E-state index is 1.10. The fourth-order valence-electron chi connectivity index (χ4n) is 9.33. The summed E-state index contributed by atoms with van der Waals surface area (Å²) in [7, 11) is 0. The number of hydrogen-bond donors (Lipinski definition) is 0. The summed E-state index contributed by atoms with van der Waals surface area (Å²) in [6, 6.07) is 88.2. The molecule has 0 aliphatic carbocycles. The molecule has 0 bridgehead atoms. The van der Waals surface area contributed by atoms with E-state index >= 15 is 0 Å². The maximum absolute atomic E-state index is 2.41. The van der Waals surface area contributed by atoms with Gasteiger partial charge in [-0.15, -0.1) is 11.3 Å². The predicted octanol–water partition coefficient (Wildman–Crippen LogP) is 17.3. The van der Waals surface area contributed by atoms with Crippen LogP contribution in [0.1, 0.15) is 0 Å². The first kappa shape index (κ1) is 36.8. The van der Waals surface area contributed by atoms with Crippen molar-refractivity contribution in [2.45, 2.75) is 0 Å². The molecule has 3 heteroatoms. The first-order valence-electron chi connectivity index (χ1n) is 21.5. The number of thiophene rings is 1. The van der Waals surface area contributed by atoms with Gasteiger partial charge in [-0.3, -0.25) is 0 Å². The maximum Gasteiger partial charge on any atom is 0.0541 e. The zero-order chi connectivity index (χ0) is 41.7. The monoisotopic (exact) mass is 820 g/mol. The molecule has 0 amide bonds. The lowest BCUT2D eigenvalue weighted by Gasteiger charge is -2.26. The Morgan fingerprint density at radius 3 is 1.30 bits per heavy atom. The Labute approximate surface area is 370 Å². The highest BCUT2D eigenvalue weighted by atomic mass is 32.1. The maximum atomic E-state index is 2.41. The van der Waals surface area contributed by atoms with Gasteiger partial charge in [-0.1, -0.05) is 176 Å². The molecule has 0 fully saturated rings. The van der Waals surface area contributed by atoms with Crippen LogP contribution < -0.4 is 4.90 Å². The van der Waals surface area contributed by atoms with Crippen LogP contribution in [0, 0.1) is 0 Å². The van der Waals surface area contributed by atoms with Gasteiger partial charge in [0.2, 0.25) is 0 Å². The van der Waals surface area contributed by atoms with E-state index in [9.17, 15) is 0 Å². The largest absolute Gasteiger partial charge is 0.311 e. The Bertz CT molecular complexity index is 3530. The van der Waals surface area contributed by atoms with Crippen LogP contribution in [0.2, 0.25) is 0 Å². The van der Waals surface area contributed by atoms with E-state index in [1.807, 2.05) is 11.3 Å². The third-order valence-electron chi connectivity index (χ3n) is 12.4. The summed E-state index contributed by atoms with van der Waals surface area (Å²) in [5.74, 6) is 0. The van der Waals surface area contributed by atoms with Gasteiger partial charge in [-0.2, -0.15) is 0 Å². The van der Waals surface area contributed by atoms with Crippen molar-refractivity contribution in [3.63, 3.8) is 0 Å². The number of aromatic nitrogens is 1. The van der Waals surface area contributed by atoms with Gasteiger partial charge in [0.25, 0.3) is 0 Å². The molecular weight excluding hydrogens is 781 g/mol. The lowest BCUT2D eigenvalue weighted by atomic mass is 9.98. The lowest BCUT2D eigenvalue weighted by molar-refractivity contribution is 1.18. The summed E-state index contributed by atoms with van der Waals surface area (Å²) in [4.78, 5) is 2.35. The third-order valence-corrected chi connectivity index (χ3v) is 13.6. The Morgan fingerprint density at radius 1 is 0.286 bits per heavy atom. The highest BCUT2D eigenvalue weighted by Crippen LogP contribution is 2.41. The molecule has 296 valence electrons. The highest BCUT2D eigenvalue weighted by molar-refractivity contribution is 7.25. The topological polar surface area (TPSA) is 8.17 Å². The molecule has 12 aromatic rings. The number of rotatable bonds is 8. The molecule has 0 saturated carbocycles. The minimum atomic E-state index is 1.10. The second-order valence-electron chi connectivity index (χ2n) is 16.1. The Balaban J connectivity index is 0.872. The summed E-state index contributed by atoms with van der Waals surface area (Å²) in [6.45, 7) is 0. The molecule has 0 saturated heterocycles. The van der Waals surface area contributed by atoms with E-state index in [1.54, 1.807) is 0 Å². The summed E-state index contributed by atoms with van der Waals surface area (Å²) in [6.07, 6.45) is 0. The molecule has 0 aliphatic rings. The molecule has 0 unspecified atom stereocenters. The standard InChI is InChI=1S/C60H40N2S/c1-2-12-41(13-3-1)43-26-33-48(34-27-43)61(50-37-30-45(31-38-50)47-32-39-55-54-17-7-11-21-59(54)63-60(55)40-47)49-35-28-44(29-36-49)42-22-24-46(25-23-42)51-14-4-8-18-56(51)62-57-19-9-5-15-52(57)53-16-6-10-20-58(53)62/h1-40H. The van der Waals surface area contributed by atoms with Crippen molar-refractivity contribution >= 4 is 70.4 Å². The Hall–Kier alpha value is -7.98. The van der Waals surface area contributed by atoms with E-state index in [0.29, 0.717) is 0 Å². The van der Waals surface area contributed by atoms with Crippen molar-refractivity contribution in [1.82, 2.24) is 4.57 Å². The molecule has 0 atom stereocenters. The normalized spacial score (nSPS) is 11.5. The van der Waals surface area contributed by atoms with Crippen LogP contribution in [0.25, 0.3) is 92.2 Å². The molecule has 2 aromatic heterocycles. The van der Waals surface area contributed by atoms with Gasteiger partial charge in [0.05, 0.1) is 16.7 Å². The van der Waals surface area contributed by atoms with Crippen LogP contribution >= 0.6 is 11.3 Å². The number of para-hydroxylation sites is 3. The molecule has 0 N–H and O–H groups in total. The molecule has 0 aliphatic heterocycles. The Kier molecular flexibility index (Phi) is 9.06. The third kappa shape index (κ3) is 6.58. The Morgan fingerprint density at radius 2 is 0.698 bits per heavy atom. The summed E-state index contributed by atoms with van der Waals surface area (Å²) >= 11 is 1.86. The van der Waals surface area contributed by atoms with Gasteiger partial charge in [0.1, 0.15) is 0 Å². The minimum Gasteiger partial charge on any atom is -0.311 e. The van der Waals surface area contributed by atoms with Crippen molar-refractivity contribution in [1.29, 1.82) is 0 Å². The zero-order valence-electron chi connectivity index (χ0n) is 34.4. The van der Waals surface area contributed by atoms with Crippen LogP contribution in [0.15, 0.2) is 243 Å². The summed E-state index contributed by atoms with van der Waals surface area (Å²) < 4.78 is 5.05. The molecule has 2 heterocycles. The molecule has 0 spiro atoms. The van der Waals surface area contributed by atoms with Gasteiger partial charge in [-0.05, 0) is 106 Å². The number of fused-ring (bicyclic) bond motifs is 6. The van der Waals surface area contributed by atoms with E-state index < -0.39 is 0 Å². The summed E-state index contributed by atoms with van der Waals surface area (Å²) in [5, 5.41) is 5.18. The fraction of sp³-hybridized carbons (Fsp3) is 0. The highest BCUT2D eigenvalue weighted by Gasteiger charge is 2.17. The number of nitrogens with zero attached hydrogens (tertiary/aromatic N) is 2. The molecule has 0 radical (unpaired) electrons. The number of anilines is 3. The molecule has 2 nitrogen and oxygen atoms in total. The van der Waals surface area contributed by atoms with Gasteiger partial charge < -0.3 is 9.47 Å². The van der Waals surface area contributed by atoms with E-state index in [2.05, 4.69) is 252 Å². The molecule has 63 heavy (non-hydrogen) atoms. The van der Waals surface area contributed by atoms with Crippen molar-refractivity contribution in [2.24, 2.45) is 0 Å². The van der Waals surface area contributed by atoms with Crippen molar-refractivity contribution in [2.75, 3.05) is 4.90 Å². The smallest absolute Gasteiger partial charge is 0.0541 e. The van der Waals surface area contributed by atoms with Gasteiger partial charge in [0, 0.05) is 53.6 Å². The van der Waals surface area contributed by atoms with Gasteiger partial charge in [0.15, 0.2) is 0 Å². The van der Waals surface area contributed by atoms with E-state index in [0.717, 1.165) is 17.1 Å². The van der Waals surface area contributed by atoms with Crippen molar-refractivity contribution in [3.05, 3.63) is 243 Å². The number of benzene rings is 10. The van der Waals surface area contributed by atoms with Crippen LogP contribution in [0.3, 0.4) is 0 Å². The lowest BCUT2D eigenvalue weighted by Crippen LogP contribution is -2.09. The first-order chi connectivity index (χ1) is 31.2. The van der Waals surface area contributed by atoms with Crippen LogP contribution in [0.4, 0.5) is 17.1 Å². The first-order valence-corrected chi connectivity index (χ1v) is 22.3. The quantitative estimate of drug-likeness (QED) is 0.148. The van der Waals surface area contributed by atoms with Gasteiger partial charge >= 0.3 is 0 Å². The second kappa shape index (κ2) is 15.5. The second-order valence-corrected chi connectivity index (χ2v) is 17.2. The van der Waals surface area contributed by atoms with Crippen LogP contribution in [-0.2, 0) is 0 Å². The molecule has 10 aromatic carbocycles. The van der Waals surface area contributed by atoms with Gasteiger partial charge in [-0.25, -0.2) is 0 Å². The van der Waals surface area contributed by atoms with Crippen LogP contribution in [-0.4, -0.2) is 4.57 Å². The van der Waals surface area contributed by atoms with E-state index in [-0.39, 0.29) is 0 Å². The van der Waals surface area contributed by atoms with Crippen molar-refractivity contribution in [3.8, 4) is 50.2 Å². The van der Waals surface area contributed by atoms with Crippen LogP contribution in [0.5, 0.6) is 0 Å². The fourth-order valence-corrected chi connectivity index (χ4v) is 10.5. The molecule has 12 rings (SSSR count).